The maximum absolute atomic E-state index is 3.85. The van der Waals surface area contributed by atoms with Crippen molar-refractivity contribution < 1.29 is 0 Å². The minimum atomic E-state index is 1.00. The van der Waals surface area contributed by atoms with Gasteiger partial charge in [0.1, 0.15) is 0 Å². The minimum absolute atomic E-state index is 1.00. The van der Waals surface area contributed by atoms with Crippen LogP contribution in [0.25, 0.3) is 0 Å². The van der Waals surface area contributed by atoms with Crippen molar-refractivity contribution in [2.24, 2.45) is 0 Å². The largest absolute Gasteiger partial charge is 0.325 e. The normalized spacial score (nSPS) is 17.3. The SMILES string of the molecule is C=C1C=CC=CN1/C=C\C. The standard InChI is InChI=1S/C9H11N/c1-3-7-10-8-5-4-6-9(10)2/h3-8H,2H2,1H3/b7-3-. The summed E-state index contributed by atoms with van der Waals surface area (Å²) >= 11 is 0. The zero-order valence-electron chi connectivity index (χ0n) is 6.12. The fourth-order valence-electron chi connectivity index (χ4n) is 0.797. The van der Waals surface area contributed by atoms with E-state index in [1.54, 1.807) is 0 Å². The molecule has 0 saturated carbocycles. The smallest absolute Gasteiger partial charge is 0.0377 e. The molecule has 0 aromatic heterocycles. The van der Waals surface area contributed by atoms with Crippen molar-refractivity contribution in [3.05, 3.63) is 49.0 Å². The molecule has 1 nitrogen and oxygen atoms in total. The van der Waals surface area contributed by atoms with Crippen LogP contribution in [0.4, 0.5) is 0 Å². The summed E-state index contributed by atoms with van der Waals surface area (Å²) in [5.74, 6) is 0. The predicted molar refractivity (Wildman–Crippen MR) is 44.1 cm³/mol. The van der Waals surface area contributed by atoms with E-state index in [9.17, 15) is 0 Å². The Kier molecular flexibility index (Phi) is 2.11. The lowest BCUT2D eigenvalue weighted by atomic mass is 10.3. The van der Waals surface area contributed by atoms with E-state index in [0.717, 1.165) is 5.70 Å². The molecular weight excluding hydrogens is 122 g/mol. The lowest BCUT2D eigenvalue weighted by Crippen LogP contribution is -2.07. The summed E-state index contributed by atoms with van der Waals surface area (Å²) in [7, 11) is 0. The highest BCUT2D eigenvalue weighted by Crippen LogP contribution is 2.09. The third kappa shape index (κ3) is 1.38. The topological polar surface area (TPSA) is 3.24 Å². The molecule has 10 heavy (non-hydrogen) atoms. The van der Waals surface area contributed by atoms with Crippen LogP contribution in [0, 0.1) is 0 Å². The Morgan fingerprint density at radius 2 is 2.30 bits per heavy atom. The Bertz CT molecular complexity index is 209. The summed E-state index contributed by atoms with van der Waals surface area (Å²) in [5.41, 5.74) is 1.00. The third-order valence-electron chi connectivity index (χ3n) is 1.29. The molecule has 1 aliphatic rings. The van der Waals surface area contributed by atoms with E-state index in [-0.39, 0.29) is 0 Å². The Morgan fingerprint density at radius 1 is 1.50 bits per heavy atom. The molecule has 0 spiro atoms. The maximum Gasteiger partial charge on any atom is 0.0377 e. The van der Waals surface area contributed by atoms with Crippen molar-refractivity contribution in [2.45, 2.75) is 6.92 Å². The number of allylic oxidation sites excluding steroid dienone is 4. The van der Waals surface area contributed by atoms with Gasteiger partial charge in [-0.3, -0.25) is 0 Å². The zero-order chi connectivity index (χ0) is 7.40. The second-order valence-electron chi connectivity index (χ2n) is 2.08. The van der Waals surface area contributed by atoms with E-state index in [1.807, 2.05) is 48.5 Å². The summed E-state index contributed by atoms with van der Waals surface area (Å²) in [6.07, 6.45) is 11.9. The Labute approximate surface area is 61.7 Å². The number of nitrogens with zero attached hydrogens (tertiary/aromatic N) is 1. The minimum Gasteiger partial charge on any atom is -0.325 e. The molecule has 1 heterocycles. The van der Waals surface area contributed by atoms with Gasteiger partial charge in [-0.1, -0.05) is 18.7 Å². The lowest BCUT2D eigenvalue weighted by Gasteiger charge is -2.17. The molecule has 0 aromatic carbocycles. The maximum atomic E-state index is 3.85. The lowest BCUT2D eigenvalue weighted by molar-refractivity contribution is 0.648. The molecular formula is C9H11N. The van der Waals surface area contributed by atoms with Crippen molar-refractivity contribution in [3.63, 3.8) is 0 Å². The zero-order valence-corrected chi connectivity index (χ0v) is 6.12. The van der Waals surface area contributed by atoms with Gasteiger partial charge in [0.05, 0.1) is 0 Å². The van der Waals surface area contributed by atoms with Crippen molar-refractivity contribution in [1.82, 2.24) is 4.90 Å². The molecule has 0 unspecified atom stereocenters. The predicted octanol–water partition coefficient (Wildman–Crippen LogP) is 2.42. The van der Waals surface area contributed by atoms with Crippen LogP contribution in [0.15, 0.2) is 49.0 Å². The van der Waals surface area contributed by atoms with Crippen molar-refractivity contribution in [2.75, 3.05) is 0 Å². The highest BCUT2D eigenvalue weighted by molar-refractivity contribution is 5.27. The van der Waals surface area contributed by atoms with Gasteiger partial charge in [0.15, 0.2) is 0 Å². The average molecular weight is 133 g/mol. The van der Waals surface area contributed by atoms with E-state index in [0.29, 0.717) is 0 Å². The Balaban J connectivity index is 2.70. The van der Waals surface area contributed by atoms with Gasteiger partial charge in [0, 0.05) is 18.1 Å². The van der Waals surface area contributed by atoms with E-state index >= 15 is 0 Å². The molecule has 0 bridgehead atoms. The summed E-state index contributed by atoms with van der Waals surface area (Å²) in [4.78, 5) is 1.97. The van der Waals surface area contributed by atoms with Crippen molar-refractivity contribution >= 4 is 0 Å². The van der Waals surface area contributed by atoms with Gasteiger partial charge >= 0.3 is 0 Å². The first-order valence-corrected chi connectivity index (χ1v) is 3.29. The molecule has 0 atom stereocenters. The molecule has 0 aliphatic carbocycles. The highest BCUT2D eigenvalue weighted by atomic mass is 15.1. The fraction of sp³-hybridized carbons (Fsp3) is 0.111. The van der Waals surface area contributed by atoms with Crippen LogP contribution in [0.2, 0.25) is 0 Å². The van der Waals surface area contributed by atoms with E-state index < -0.39 is 0 Å². The van der Waals surface area contributed by atoms with E-state index in [1.165, 1.54) is 0 Å². The number of rotatable bonds is 1. The van der Waals surface area contributed by atoms with Gasteiger partial charge in [0.2, 0.25) is 0 Å². The van der Waals surface area contributed by atoms with Gasteiger partial charge in [-0.05, 0) is 19.1 Å². The van der Waals surface area contributed by atoms with Gasteiger partial charge in [-0.25, -0.2) is 0 Å². The Hall–Kier alpha value is -1.24. The van der Waals surface area contributed by atoms with E-state index in [4.69, 9.17) is 0 Å². The van der Waals surface area contributed by atoms with Crippen molar-refractivity contribution in [3.8, 4) is 0 Å². The van der Waals surface area contributed by atoms with Crippen LogP contribution in [-0.2, 0) is 0 Å². The molecule has 52 valence electrons. The van der Waals surface area contributed by atoms with Crippen LogP contribution < -0.4 is 0 Å². The van der Waals surface area contributed by atoms with Gasteiger partial charge in [-0.15, -0.1) is 0 Å². The van der Waals surface area contributed by atoms with Crippen molar-refractivity contribution in [1.29, 1.82) is 0 Å². The van der Waals surface area contributed by atoms with Gasteiger partial charge in [0.25, 0.3) is 0 Å². The average Bonchev–Trinajstić information content (AvgIpc) is 1.94. The molecule has 0 saturated heterocycles. The monoisotopic (exact) mass is 133 g/mol. The first kappa shape index (κ1) is 6.87. The number of hydrogen-bond acceptors (Lipinski definition) is 1. The van der Waals surface area contributed by atoms with Crippen LogP contribution in [-0.4, -0.2) is 4.90 Å². The van der Waals surface area contributed by atoms with Gasteiger partial charge in [-0.2, -0.15) is 0 Å². The van der Waals surface area contributed by atoms with Crippen LogP contribution in [0.3, 0.4) is 0 Å². The molecule has 0 amide bonds. The highest BCUT2D eigenvalue weighted by Gasteiger charge is 1.97. The fourth-order valence-corrected chi connectivity index (χ4v) is 0.797. The summed E-state index contributed by atoms with van der Waals surface area (Å²) < 4.78 is 0. The molecule has 0 radical (unpaired) electrons. The summed E-state index contributed by atoms with van der Waals surface area (Å²) in [6.45, 7) is 5.84. The first-order chi connectivity index (χ1) is 4.84. The van der Waals surface area contributed by atoms with E-state index in [2.05, 4.69) is 6.58 Å². The van der Waals surface area contributed by atoms with Crippen LogP contribution in [0.1, 0.15) is 6.92 Å². The number of hydrogen-bond donors (Lipinski definition) is 0. The third-order valence-corrected chi connectivity index (χ3v) is 1.29. The first-order valence-electron chi connectivity index (χ1n) is 3.29. The molecule has 0 fully saturated rings. The second kappa shape index (κ2) is 3.06. The Morgan fingerprint density at radius 3 is 2.90 bits per heavy atom. The molecule has 0 aromatic rings. The molecule has 1 rings (SSSR count). The quantitative estimate of drug-likeness (QED) is 0.531. The molecule has 0 N–H and O–H groups in total. The molecule has 1 heteroatoms. The second-order valence-corrected chi connectivity index (χ2v) is 2.08. The molecule has 1 aliphatic heterocycles. The van der Waals surface area contributed by atoms with Gasteiger partial charge < -0.3 is 4.90 Å². The van der Waals surface area contributed by atoms with Crippen LogP contribution >= 0.6 is 0 Å². The summed E-state index contributed by atoms with van der Waals surface area (Å²) in [5, 5.41) is 0. The van der Waals surface area contributed by atoms with Crippen LogP contribution in [0.5, 0.6) is 0 Å². The summed E-state index contributed by atoms with van der Waals surface area (Å²) in [6, 6.07) is 0.